The van der Waals surface area contributed by atoms with Gasteiger partial charge in [0, 0.05) is 3.57 Å². The quantitative estimate of drug-likeness (QED) is 0.311. The Balaban J connectivity index is 1.68. The van der Waals surface area contributed by atoms with Gasteiger partial charge in [-0.3, -0.25) is 9.10 Å². The number of rotatable bonds is 9. The third-order valence-corrected chi connectivity index (χ3v) is 7.25. The van der Waals surface area contributed by atoms with Crippen LogP contribution in [0.15, 0.2) is 77.7 Å². The summed E-state index contributed by atoms with van der Waals surface area (Å²) in [6.07, 6.45) is 0. The molecule has 0 aromatic heterocycles. The summed E-state index contributed by atoms with van der Waals surface area (Å²) in [5.41, 5.74) is 2.60. The second-order valence-electron chi connectivity index (χ2n) is 7.27. The van der Waals surface area contributed by atoms with Crippen LogP contribution in [0.5, 0.6) is 5.75 Å². The standard InChI is InChI=1S/C24H25IN2O4S/c1-18-8-13-23(19(2)16-18)31-15-14-26-24(28)17-27(21-11-9-20(25)10-12-21)32(29,30)22-6-4-3-5-7-22/h3-13,16H,14-15,17H2,1-2H3,(H,26,28). The number of carbonyl (C=O) groups is 1. The fourth-order valence-corrected chi connectivity index (χ4v) is 4.94. The van der Waals surface area contributed by atoms with E-state index in [-0.39, 0.29) is 24.6 Å². The van der Waals surface area contributed by atoms with Gasteiger partial charge in [0.15, 0.2) is 0 Å². The second kappa shape index (κ2) is 10.8. The molecule has 0 aliphatic carbocycles. The highest BCUT2D eigenvalue weighted by molar-refractivity contribution is 14.1. The summed E-state index contributed by atoms with van der Waals surface area (Å²) >= 11 is 2.15. The number of sulfonamides is 1. The predicted molar refractivity (Wildman–Crippen MR) is 135 cm³/mol. The summed E-state index contributed by atoms with van der Waals surface area (Å²) in [6.45, 7) is 4.19. The fraction of sp³-hybridized carbons (Fsp3) is 0.208. The molecular formula is C24H25IN2O4S. The molecule has 3 aromatic rings. The molecule has 6 nitrogen and oxygen atoms in total. The van der Waals surface area contributed by atoms with Crippen molar-refractivity contribution < 1.29 is 17.9 Å². The first-order valence-electron chi connectivity index (χ1n) is 10.1. The van der Waals surface area contributed by atoms with Crippen LogP contribution in [0.2, 0.25) is 0 Å². The SMILES string of the molecule is Cc1ccc(OCCNC(=O)CN(c2ccc(I)cc2)S(=O)(=O)c2ccccc2)c(C)c1. The molecule has 0 aliphatic rings. The number of amides is 1. The van der Waals surface area contributed by atoms with Crippen molar-refractivity contribution in [2.45, 2.75) is 18.7 Å². The molecule has 0 heterocycles. The van der Waals surface area contributed by atoms with E-state index < -0.39 is 15.9 Å². The molecule has 32 heavy (non-hydrogen) atoms. The van der Waals surface area contributed by atoms with Gasteiger partial charge < -0.3 is 10.1 Å². The molecule has 0 fully saturated rings. The van der Waals surface area contributed by atoms with E-state index in [1.165, 1.54) is 12.1 Å². The molecule has 3 aromatic carbocycles. The monoisotopic (exact) mass is 564 g/mol. The van der Waals surface area contributed by atoms with Crippen molar-refractivity contribution in [1.82, 2.24) is 5.32 Å². The summed E-state index contributed by atoms with van der Waals surface area (Å²) < 4.78 is 34.3. The van der Waals surface area contributed by atoms with Crippen molar-refractivity contribution in [3.63, 3.8) is 0 Å². The lowest BCUT2D eigenvalue weighted by atomic mass is 10.1. The summed E-state index contributed by atoms with van der Waals surface area (Å²) in [5.74, 6) is 0.351. The van der Waals surface area contributed by atoms with Crippen LogP contribution in [-0.2, 0) is 14.8 Å². The van der Waals surface area contributed by atoms with E-state index in [2.05, 4.69) is 27.9 Å². The molecule has 0 atom stereocenters. The second-order valence-corrected chi connectivity index (χ2v) is 10.4. The molecule has 3 rings (SSSR count). The van der Waals surface area contributed by atoms with Crippen molar-refractivity contribution in [1.29, 1.82) is 0 Å². The minimum Gasteiger partial charge on any atom is -0.491 e. The van der Waals surface area contributed by atoms with E-state index in [4.69, 9.17) is 4.74 Å². The molecule has 168 valence electrons. The maximum Gasteiger partial charge on any atom is 0.264 e. The number of carbonyl (C=O) groups excluding carboxylic acids is 1. The number of halogens is 1. The van der Waals surface area contributed by atoms with Crippen LogP contribution < -0.4 is 14.4 Å². The highest BCUT2D eigenvalue weighted by atomic mass is 127. The van der Waals surface area contributed by atoms with Gasteiger partial charge in [-0.2, -0.15) is 0 Å². The van der Waals surface area contributed by atoms with Gasteiger partial charge in [-0.05, 0) is 84.5 Å². The zero-order chi connectivity index (χ0) is 23.1. The smallest absolute Gasteiger partial charge is 0.264 e. The number of hydrogen-bond acceptors (Lipinski definition) is 4. The van der Waals surface area contributed by atoms with E-state index in [1.54, 1.807) is 42.5 Å². The predicted octanol–water partition coefficient (Wildman–Crippen LogP) is 4.30. The molecule has 0 spiro atoms. The summed E-state index contributed by atoms with van der Waals surface area (Å²) in [7, 11) is -3.91. The normalized spacial score (nSPS) is 11.1. The van der Waals surface area contributed by atoms with Gasteiger partial charge in [-0.1, -0.05) is 35.9 Å². The number of nitrogens with one attached hydrogen (secondary N) is 1. The summed E-state index contributed by atoms with van der Waals surface area (Å²) in [5, 5.41) is 2.75. The number of benzene rings is 3. The Kier molecular flexibility index (Phi) is 8.14. The molecule has 8 heteroatoms. The van der Waals surface area contributed by atoms with Crippen LogP contribution >= 0.6 is 22.6 Å². The molecule has 0 bridgehead atoms. The van der Waals surface area contributed by atoms with Gasteiger partial charge in [0.1, 0.15) is 18.9 Å². The highest BCUT2D eigenvalue weighted by Crippen LogP contribution is 2.24. The van der Waals surface area contributed by atoms with Crippen molar-refractivity contribution in [3.05, 3.63) is 87.5 Å². The summed E-state index contributed by atoms with van der Waals surface area (Å²) in [6, 6.07) is 21.0. The number of anilines is 1. The lowest BCUT2D eigenvalue weighted by Crippen LogP contribution is -2.41. The minimum atomic E-state index is -3.91. The van der Waals surface area contributed by atoms with Gasteiger partial charge in [-0.25, -0.2) is 8.42 Å². The Morgan fingerprint density at radius 1 is 1.00 bits per heavy atom. The zero-order valence-electron chi connectivity index (χ0n) is 17.9. The lowest BCUT2D eigenvalue weighted by Gasteiger charge is -2.24. The van der Waals surface area contributed by atoms with Crippen LogP contribution in [0, 0.1) is 17.4 Å². The van der Waals surface area contributed by atoms with Crippen molar-refractivity contribution >= 4 is 44.2 Å². The first-order valence-corrected chi connectivity index (χ1v) is 12.6. The Morgan fingerprint density at radius 2 is 1.69 bits per heavy atom. The maximum absolute atomic E-state index is 13.3. The van der Waals surface area contributed by atoms with Gasteiger partial charge in [-0.15, -0.1) is 0 Å². The van der Waals surface area contributed by atoms with E-state index in [9.17, 15) is 13.2 Å². The van der Waals surface area contributed by atoms with Crippen LogP contribution in [0.4, 0.5) is 5.69 Å². The van der Waals surface area contributed by atoms with E-state index in [0.717, 1.165) is 24.8 Å². The van der Waals surface area contributed by atoms with Crippen LogP contribution in [0.1, 0.15) is 11.1 Å². The molecule has 0 saturated carbocycles. The number of hydrogen-bond donors (Lipinski definition) is 1. The Morgan fingerprint density at radius 3 is 2.34 bits per heavy atom. The zero-order valence-corrected chi connectivity index (χ0v) is 20.9. The fourth-order valence-electron chi connectivity index (χ4n) is 3.14. The molecule has 0 aliphatic heterocycles. The average Bonchev–Trinajstić information content (AvgIpc) is 2.77. The van der Waals surface area contributed by atoms with Gasteiger partial charge in [0.05, 0.1) is 17.1 Å². The third-order valence-electron chi connectivity index (χ3n) is 4.75. The van der Waals surface area contributed by atoms with E-state index >= 15 is 0 Å². The topological polar surface area (TPSA) is 75.7 Å². The first kappa shape index (κ1) is 24.1. The van der Waals surface area contributed by atoms with Gasteiger partial charge in [0.2, 0.25) is 5.91 Å². The molecule has 1 N–H and O–H groups in total. The molecule has 1 amide bonds. The van der Waals surface area contributed by atoms with Gasteiger partial charge in [0.25, 0.3) is 10.0 Å². The molecular weight excluding hydrogens is 539 g/mol. The van der Waals surface area contributed by atoms with E-state index in [0.29, 0.717) is 5.69 Å². The highest BCUT2D eigenvalue weighted by Gasteiger charge is 2.27. The van der Waals surface area contributed by atoms with Crippen LogP contribution in [0.25, 0.3) is 0 Å². The number of ether oxygens (including phenoxy) is 1. The molecule has 0 unspecified atom stereocenters. The molecule has 0 saturated heterocycles. The van der Waals surface area contributed by atoms with Crippen molar-refractivity contribution in [2.24, 2.45) is 0 Å². The maximum atomic E-state index is 13.3. The van der Waals surface area contributed by atoms with Gasteiger partial charge >= 0.3 is 0 Å². The molecule has 0 radical (unpaired) electrons. The van der Waals surface area contributed by atoms with Crippen LogP contribution in [-0.4, -0.2) is 34.0 Å². The third kappa shape index (κ3) is 6.23. The Labute approximate surface area is 202 Å². The Hall–Kier alpha value is -2.59. The number of nitrogens with zero attached hydrogens (tertiary/aromatic N) is 1. The van der Waals surface area contributed by atoms with Crippen molar-refractivity contribution in [2.75, 3.05) is 24.0 Å². The van der Waals surface area contributed by atoms with E-state index in [1.807, 2.05) is 32.0 Å². The number of aryl methyl sites for hydroxylation is 2. The average molecular weight is 564 g/mol. The van der Waals surface area contributed by atoms with Crippen LogP contribution in [0.3, 0.4) is 0 Å². The summed E-state index contributed by atoms with van der Waals surface area (Å²) in [4.78, 5) is 12.7. The Bertz CT molecular complexity index is 1170. The van der Waals surface area contributed by atoms with Crippen molar-refractivity contribution in [3.8, 4) is 5.75 Å². The lowest BCUT2D eigenvalue weighted by molar-refractivity contribution is -0.119. The minimum absolute atomic E-state index is 0.129. The first-order chi connectivity index (χ1) is 15.3. The largest absolute Gasteiger partial charge is 0.491 e.